The Morgan fingerprint density at radius 2 is 1.87 bits per heavy atom. The van der Waals surface area contributed by atoms with E-state index in [1.807, 2.05) is 0 Å². The van der Waals surface area contributed by atoms with Crippen LogP contribution in [0.15, 0.2) is 42.6 Å². The molecule has 0 aliphatic carbocycles. The third kappa shape index (κ3) is 2.89. The van der Waals surface area contributed by atoms with Crippen LogP contribution >= 0.6 is 0 Å². The maximum Gasteiger partial charge on any atom is 0.356 e. The summed E-state index contributed by atoms with van der Waals surface area (Å²) in [5, 5.41) is 18.8. The van der Waals surface area contributed by atoms with E-state index in [0.29, 0.717) is 22.8 Å². The van der Waals surface area contributed by atoms with Gasteiger partial charge in [-0.3, -0.25) is 4.40 Å². The standard InChI is InChI=1S/C16H14N2O5/c1-22-11-3-5-12(6-4-11)23-9-14-17-15(16(20)21)13-7-2-10(19)8-18(13)14/h2-8,19H,9H2,1H3,(H,20,21). The Hall–Kier alpha value is -3.22. The van der Waals surface area contributed by atoms with E-state index in [9.17, 15) is 15.0 Å². The number of fused-ring (bicyclic) bond motifs is 1. The van der Waals surface area contributed by atoms with Crippen molar-refractivity contribution in [3.8, 4) is 17.2 Å². The minimum Gasteiger partial charge on any atom is -0.506 e. The maximum absolute atomic E-state index is 11.3. The molecule has 0 aliphatic rings. The quantitative estimate of drug-likeness (QED) is 0.751. The van der Waals surface area contributed by atoms with Gasteiger partial charge >= 0.3 is 5.97 Å². The number of benzene rings is 1. The lowest BCUT2D eigenvalue weighted by atomic mass is 10.3. The van der Waals surface area contributed by atoms with Crippen molar-refractivity contribution in [1.82, 2.24) is 9.38 Å². The number of carboxylic acids is 1. The van der Waals surface area contributed by atoms with Gasteiger partial charge in [0.1, 0.15) is 23.9 Å². The van der Waals surface area contributed by atoms with E-state index in [-0.39, 0.29) is 18.1 Å². The Balaban J connectivity index is 1.89. The van der Waals surface area contributed by atoms with Gasteiger partial charge in [0.05, 0.1) is 18.8 Å². The van der Waals surface area contributed by atoms with Gasteiger partial charge in [0.2, 0.25) is 0 Å². The Bertz CT molecular complexity index is 855. The molecule has 0 bridgehead atoms. The van der Waals surface area contributed by atoms with Crippen molar-refractivity contribution < 1.29 is 24.5 Å². The molecule has 0 aliphatic heterocycles. The molecule has 23 heavy (non-hydrogen) atoms. The average molecular weight is 314 g/mol. The summed E-state index contributed by atoms with van der Waals surface area (Å²) in [5.74, 6) is 0.562. The largest absolute Gasteiger partial charge is 0.506 e. The summed E-state index contributed by atoms with van der Waals surface area (Å²) in [5.41, 5.74) is 0.307. The molecule has 0 saturated carbocycles. The predicted molar refractivity (Wildman–Crippen MR) is 81.1 cm³/mol. The topological polar surface area (TPSA) is 93.3 Å². The summed E-state index contributed by atoms with van der Waals surface area (Å²) in [6, 6.07) is 9.91. The maximum atomic E-state index is 11.3. The fourth-order valence-corrected chi connectivity index (χ4v) is 2.22. The first kappa shape index (κ1) is 14.7. The summed E-state index contributed by atoms with van der Waals surface area (Å²) in [4.78, 5) is 15.3. The number of carbonyl (C=O) groups is 1. The highest BCUT2D eigenvalue weighted by Gasteiger charge is 2.17. The zero-order valence-electron chi connectivity index (χ0n) is 12.3. The van der Waals surface area contributed by atoms with Crippen LogP contribution in [-0.4, -0.2) is 32.7 Å². The van der Waals surface area contributed by atoms with Gasteiger partial charge in [0, 0.05) is 0 Å². The van der Waals surface area contributed by atoms with Crippen LogP contribution in [0.2, 0.25) is 0 Å². The predicted octanol–water partition coefficient (Wildman–Crippen LogP) is 2.33. The number of pyridine rings is 1. The van der Waals surface area contributed by atoms with Crippen molar-refractivity contribution in [2.75, 3.05) is 7.11 Å². The lowest BCUT2D eigenvalue weighted by Gasteiger charge is -2.06. The molecular formula is C16H14N2O5. The van der Waals surface area contributed by atoms with Gasteiger partial charge in [-0.25, -0.2) is 9.78 Å². The number of rotatable bonds is 5. The number of methoxy groups -OCH3 is 1. The number of hydrogen-bond acceptors (Lipinski definition) is 5. The van der Waals surface area contributed by atoms with Gasteiger partial charge in [0.15, 0.2) is 11.5 Å². The van der Waals surface area contributed by atoms with E-state index in [2.05, 4.69) is 4.98 Å². The smallest absolute Gasteiger partial charge is 0.356 e. The summed E-state index contributed by atoms with van der Waals surface area (Å²) < 4.78 is 12.2. The summed E-state index contributed by atoms with van der Waals surface area (Å²) >= 11 is 0. The van der Waals surface area contributed by atoms with Crippen molar-refractivity contribution in [1.29, 1.82) is 0 Å². The fraction of sp³-hybridized carbons (Fsp3) is 0.125. The highest BCUT2D eigenvalue weighted by Crippen LogP contribution is 2.21. The van der Waals surface area contributed by atoms with Crippen molar-refractivity contribution >= 4 is 11.5 Å². The average Bonchev–Trinajstić information content (AvgIpc) is 2.91. The third-order valence-corrected chi connectivity index (χ3v) is 3.32. The minimum absolute atomic E-state index is 0.0116. The van der Waals surface area contributed by atoms with Crippen LogP contribution in [0, 0.1) is 0 Å². The molecule has 0 amide bonds. The summed E-state index contributed by atoms with van der Waals surface area (Å²) in [7, 11) is 1.58. The highest BCUT2D eigenvalue weighted by molar-refractivity contribution is 5.93. The number of aromatic hydroxyl groups is 1. The van der Waals surface area contributed by atoms with Gasteiger partial charge in [-0.1, -0.05) is 0 Å². The molecule has 2 aromatic heterocycles. The number of carboxylic acid groups (broad SMARTS) is 1. The molecular weight excluding hydrogens is 300 g/mol. The first-order chi connectivity index (χ1) is 11.1. The van der Waals surface area contributed by atoms with Gasteiger partial charge in [0.25, 0.3) is 0 Å². The SMILES string of the molecule is COc1ccc(OCc2nc(C(=O)O)c3ccc(O)cn23)cc1. The second kappa shape index (κ2) is 5.88. The van der Waals surface area contributed by atoms with E-state index in [1.165, 1.54) is 22.7 Å². The Morgan fingerprint density at radius 3 is 2.52 bits per heavy atom. The normalized spacial score (nSPS) is 10.7. The molecule has 3 aromatic rings. The van der Waals surface area contributed by atoms with Crippen LogP contribution in [0.5, 0.6) is 17.2 Å². The Kier molecular flexibility index (Phi) is 3.76. The lowest BCUT2D eigenvalue weighted by molar-refractivity contribution is 0.0693. The molecule has 0 saturated heterocycles. The van der Waals surface area contributed by atoms with Crippen molar-refractivity contribution in [3.63, 3.8) is 0 Å². The van der Waals surface area contributed by atoms with Crippen LogP contribution in [0.25, 0.3) is 5.52 Å². The molecule has 1 aromatic carbocycles. The molecule has 0 spiro atoms. The van der Waals surface area contributed by atoms with E-state index in [0.717, 1.165) is 0 Å². The minimum atomic E-state index is -1.14. The first-order valence-corrected chi connectivity index (χ1v) is 6.78. The molecule has 2 heterocycles. The van der Waals surface area contributed by atoms with E-state index < -0.39 is 5.97 Å². The number of aromatic nitrogens is 2. The van der Waals surface area contributed by atoms with Crippen LogP contribution in [0.3, 0.4) is 0 Å². The lowest BCUT2D eigenvalue weighted by Crippen LogP contribution is -2.01. The van der Waals surface area contributed by atoms with Crippen molar-refractivity contribution in [2.45, 2.75) is 6.61 Å². The molecule has 7 nitrogen and oxygen atoms in total. The molecule has 0 fully saturated rings. The van der Waals surface area contributed by atoms with E-state index in [1.54, 1.807) is 31.4 Å². The number of ether oxygens (including phenoxy) is 2. The van der Waals surface area contributed by atoms with Crippen LogP contribution < -0.4 is 9.47 Å². The Morgan fingerprint density at radius 1 is 1.17 bits per heavy atom. The molecule has 0 atom stereocenters. The zero-order chi connectivity index (χ0) is 16.4. The van der Waals surface area contributed by atoms with Crippen LogP contribution in [-0.2, 0) is 6.61 Å². The van der Waals surface area contributed by atoms with Crippen molar-refractivity contribution in [3.05, 3.63) is 54.1 Å². The van der Waals surface area contributed by atoms with E-state index >= 15 is 0 Å². The molecule has 118 valence electrons. The Labute approximate surface area is 131 Å². The fourth-order valence-electron chi connectivity index (χ4n) is 2.22. The summed E-state index contributed by atoms with van der Waals surface area (Å²) in [6.45, 7) is 0.0598. The zero-order valence-corrected chi connectivity index (χ0v) is 12.3. The second-order valence-corrected chi connectivity index (χ2v) is 4.79. The molecule has 0 unspecified atom stereocenters. The van der Waals surface area contributed by atoms with Crippen LogP contribution in [0.4, 0.5) is 0 Å². The van der Waals surface area contributed by atoms with Gasteiger partial charge in [-0.15, -0.1) is 0 Å². The summed E-state index contributed by atoms with van der Waals surface area (Å²) in [6.07, 6.45) is 1.40. The monoisotopic (exact) mass is 314 g/mol. The second-order valence-electron chi connectivity index (χ2n) is 4.79. The van der Waals surface area contributed by atoms with Gasteiger partial charge in [-0.2, -0.15) is 0 Å². The number of imidazole rings is 1. The molecule has 0 radical (unpaired) electrons. The van der Waals surface area contributed by atoms with Crippen molar-refractivity contribution in [2.24, 2.45) is 0 Å². The van der Waals surface area contributed by atoms with Crippen LogP contribution in [0.1, 0.15) is 16.3 Å². The van der Waals surface area contributed by atoms with Gasteiger partial charge in [-0.05, 0) is 36.4 Å². The number of nitrogens with zero attached hydrogens (tertiary/aromatic N) is 2. The third-order valence-electron chi connectivity index (χ3n) is 3.32. The number of hydrogen-bond donors (Lipinski definition) is 2. The molecule has 2 N–H and O–H groups in total. The van der Waals surface area contributed by atoms with Gasteiger partial charge < -0.3 is 19.7 Å². The highest BCUT2D eigenvalue weighted by atomic mass is 16.5. The molecule has 7 heteroatoms. The number of aromatic carboxylic acids is 1. The van der Waals surface area contributed by atoms with E-state index in [4.69, 9.17) is 9.47 Å². The molecule has 3 rings (SSSR count). The first-order valence-electron chi connectivity index (χ1n) is 6.78.